The highest BCUT2D eigenvalue weighted by molar-refractivity contribution is 5.67. The second-order valence-electron chi connectivity index (χ2n) is 8.86. The summed E-state index contributed by atoms with van der Waals surface area (Å²) in [5, 5.41) is 12.9. The number of aromatic nitrogens is 3. The van der Waals surface area contributed by atoms with Gasteiger partial charge < -0.3 is 24.6 Å². The van der Waals surface area contributed by atoms with Crippen molar-refractivity contribution >= 4 is 17.3 Å². The largest absolute Gasteiger partial charge is 0.489 e. The number of anilines is 3. The predicted octanol–water partition coefficient (Wildman–Crippen LogP) is 3.46. The molecule has 2 aromatic heterocycles. The van der Waals surface area contributed by atoms with E-state index in [1.807, 2.05) is 36.5 Å². The Kier molecular flexibility index (Phi) is 7.02. The maximum atomic E-state index is 9.68. The number of rotatable bonds is 6. The number of ether oxygens (including phenoxy) is 2. The minimum absolute atomic E-state index is 0.0756. The maximum Gasteiger partial charge on any atom is 0.137 e. The van der Waals surface area contributed by atoms with E-state index in [4.69, 9.17) is 9.47 Å². The van der Waals surface area contributed by atoms with E-state index in [2.05, 4.69) is 49.3 Å². The SMILES string of the molecule is CN1CCN(c2ccc(Nc3cc(-c4ccc(OC5CCOCC5)c(C#N)c4)ncn3)nc2)CC1. The van der Waals surface area contributed by atoms with Crippen molar-refractivity contribution in [2.24, 2.45) is 0 Å². The first-order valence-electron chi connectivity index (χ1n) is 12.0. The first-order valence-corrected chi connectivity index (χ1v) is 12.0. The Morgan fingerprint density at radius 2 is 1.83 bits per heavy atom. The molecule has 2 aliphatic rings. The van der Waals surface area contributed by atoms with Gasteiger partial charge in [0.2, 0.25) is 0 Å². The highest BCUT2D eigenvalue weighted by atomic mass is 16.5. The summed E-state index contributed by atoms with van der Waals surface area (Å²) in [6.07, 6.45) is 5.14. The standard InChI is InChI=1S/C26H29N7O2/c1-32-8-10-33(11-9-32)21-3-5-25(28-17-21)31-26-15-23(29-18-30-26)19-2-4-24(20(14-19)16-27)35-22-6-12-34-13-7-22/h2-5,14-15,17-18,22H,6-13H2,1H3,(H,28,29,30,31). The van der Waals surface area contributed by atoms with Gasteiger partial charge in [0.05, 0.1) is 36.4 Å². The third kappa shape index (κ3) is 5.67. The highest BCUT2D eigenvalue weighted by Gasteiger charge is 2.18. The van der Waals surface area contributed by atoms with Crippen LogP contribution in [0.25, 0.3) is 11.3 Å². The molecule has 0 atom stereocenters. The Labute approximate surface area is 205 Å². The van der Waals surface area contributed by atoms with Crippen molar-refractivity contribution in [2.75, 3.05) is 56.7 Å². The third-order valence-corrected chi connectivity index (χ3v) is 6.40. The lowest BCUT2D eigenvalue weighted by atomic mass is 10.1. The Morgan fingerprint density at radius 3 is 2.57 bits per heavy atom. The van der Waals surface area contributed by atoms with E-state index in [9.17, 15) is 5.26 Å². The molecule has 0 radical (unpaired) electrons. The van der Waals surface area contributed by atoms with E-state index in [0.717, 1.165) is 50.3 Å². The lowest BCUT2D eigenvalue weighted by molar-refractivity contribution is 0.0254. The lowest BCUT2D eigenvalue weighted by Gasteiger charge is -2.33. The van der Waals surface area contributed by atoms with Crippen LogP contribution in [-0.4, -0.2) is 72.4 Å². The molecule has 3 aromatic rings. The summed E-state index contributed by atoms with van der Waals surface area (Å²) in [5.74, 6) is 1.95. The minimum Gasteiger partial charge on any atom is -0.489 e. The van der Waals surface area contributed by atoms with Gasteiger partial charge in [0.15, 0.2) is 0 Å². The van der Waals surface area contributed by atoms with Crippen molar-refractivity contribution in [1.29, 1.82) is 5.26 Å². The number of hydrogen-bond acceptors (Lipinski definition) is 9. The van der Waals surface area contributed by atoms with Gasteiger partial charge in [-0.25, -0.2) is 15.0 Å². The normalized spacial score (nSPS) is 17.1. The fourth-order valence-corrected chi connectivity index (χ4v) is 4.28. The number of hydrogen-bond donors (Lipinski definition) is 1. The van der Waals surface area contributed by atoms with Crippen LogP contribution in [0.1, 0.15) is 18.4 Å². The van der Waals surface area contributed by atoms with Gasteiger partial charge in [-0.05, 0) is 37.4 Å². The zero-order valence-electron chi connectivity index (χ0n) is 19.9. The fourth-order valence-electron chi connectivity index (χ4n) is 4.28. The molecule has 1 N–H and O–H groups in total. The van der Waals surface area contributed by atoms with Gasteiger partial charge in [-0.3, -0.25) is 0 Å². The van der Waals surface area contributed by atoms with Crippen LogP contribution >= 0.6 is 0 Å². The summed E-state index contributed by atoms with van der Waals surface area (Å²) in [5.41, 5.74) is 3.15. The molecule has 2 fully saturated rings. The van der Waals surface area contributed by atoms with Crippen molar-refractivity contribution in [3.63, 3.8) is 0 Å². The van der Waals surface area contributed by atoms with Crippen LogP contribution in [0, 0.1) is 11.3 Å². The molecular weight excluding hydrogens is 442 g/mol. The van der Waals surface area contributed by atoms with Crippen LogP contribution in [0.3, 0.4) is 0 Å². The van der Waals surface area contributed by atoms with Crippen LogP contribution in [0.2, 0.25) is 0 Å². The lowest BCUT2D eigenvalue weighted by Crippen LogP contribution is -2.44. The second kappa shape index (κ2) is 10.7. The van der Waals surface area contributed by atoms with Gasteiger partial charge in [0, 0.05) is 50.7 Å². The van der Waals surface area contributed by atoms with Gasteiger partial charge in [0.25, 0.3) is 0 Å². The molecular formula is C26H29N7O2. The van der Waals surface area contributed by atoms with Gasteiger partial charge >= 0.3 is 0 Å². The molecule has 0 unspecified atom stereocenters. The summed E-state index contributed by atoms with van der Waals surface area (Å²) < 4.78 is 11.5. The van der Waals surface area contributed by atoms with E-state index in [1.165, 1.54) is 6.33 Å². The molecule has 0 saturated carbocycles. The molecule has 4 heterocycles. The van der Waals surface area contributed by atoms with Gasteiger partial charge in [0.1, 0.15) is 35.9 Å². The quantitative estimate of drug-likeness (QED) is 0.579. The second-order valence-corrected chi connectivity index (χ2v) is 8.86. The molecule has 35 heavy (non-hydrogen) atoms. The number of nitriles is 1. The van der Waals surface area contributed by atoms with Gasteiger partial charge in [-0.1, -0.05) is 0 Å². The number of piperazine rings is 1. The summed E-state index contributed by atoms with van der Waals surface area (Å²) in [6, 6.07) is 13.7. The summed E-state index contributed by atoms with van der Waals surface area (Å²) in [6.45, 7) is 5.50. The number of likely N-dealkylation sites (N-methyl/N-ethyl adjacent to an activating group) is 1. The fraction of sp³-hybridized carbons (Fsp3) is 0.385. The number of pyridine rings is 1. The molecule has 9 heteroatoms. The first-order chi connectivity index (χ1) is 17.2. The topological polar surface area (TPSA) is 99.4 Å². The van der Waals surface area contributed by atoms with Crippen molar-refractivity contribution in [1.82, 2.24) is 19.9 Å². The molecule has 2 saturated heterocycles. The van der Waals surface area contributed by atoms with Gasteiger partial charge in [-0.2, -0.15) is 5.26 Å². The molecule has 1 aromatic carbocycles. The highest BCUT2D eigenvalue weighted by Crippen LogP contribution is 2.28. The third-order valence-electron chi connectivity index (χ3n) is 6.40. The van der Waals surface area contributed by atoms with Crippen molar-refractivity contribution in [3.05, 3.63) is 54.5 Å². The number of benzene rings is 1. The molecule has 0 aliphatic carbocycles. The minimum atomic E-state index is 0.0756. The van der Waals surface area contributed by atoms with Crippen LogP contribution < -0.4 is 15.0 Å². The van der Waals surface area contributed by atoms with Crippen molar-refractivity contribution in [2.45, 2.75) is 18.9 Å². The van der Waals surface area contributed by atoms with E-state index < -0.39 is 0 Å². The summed E-state index contributed by atoms with van der Waals surface area (Å²) in [4.78, 5) is 18.0. The van der Waals surface area contributed by atoms with E-state index in [1.54, 1.807) is 0 Å². The average molecular weight is 472 g/mol. The molecule has 9 nitrogen and oxygen atoms in total. The number of nitrogens with one attached hydrogen (secondary N) is 1. The molecule has 0 spiro atoms. The summed E-state index contributed by atoms with van der Waals surface area (Å²) in [7, 11) is 2.15. The Balaban J connectivity index is 1.27. The Morgan fingerprint density at radius 1 is 1.00 bits per heavy atom. The van der Waals surface area contributed by atoms with E-state index >= 15 is 0 Å². The molecule has 5 rings (SSSR count). The molecule has 2 aliphatic heterocycles. The van der Waals surface area contributed by atoms with Crippen LogP contribution in [0.5, 0.6) is 5.75 Å². The van der Waals surface area contributed by atoms with Crippen LogP contribution in [0.15, 0.2) is 48.9 Å². The summed E-state index contributed by atoms with van der Waals surface area (Å²) >= 11 is 0. The predicted molar refractivity (Wildman–Crippen MR) is 134 cm³/mol. The first kappa shape index (κ1) is 23.0. The zero-order valence-corrected chi connectivity index (χ0v) is 19.9. The van der Waals surface area contributed by atoms with E-state index in [0.29, 0.717) is 41.9 Å². The molecule has 0 amide bonds. The van der Waals surface area contributed by atoms with Crippen molar-refractivity contribution in [3.8, 4) is 23.1 Å². The number of nitrogens with zero attached hydrogens (tertiary/aromatic N) is 6. The van der Waals surface area contributed by atoms with Gasteiger partial charge in [-0.15, -0.1) is 0 Å². The van der Waals surface area contributed by atoms with Crippen LogP contribution in [-0.2, 0) is 4.74 Å². The Hall–Kier alpha value is -3.74. The van der Waals surface area contributed by atoms with Crippen molar-refractivity contribution < 1.29 is 9.47 Å². The van der Waals surface area contributed by atoms with E-state index in [-0.39, 0.29) is 6.10 Å². The zero-order chi connectivity index (χ0) is 24.0. The Bertz CT molecular complexity index is 1180. The molecule has 0 bridgehead atoms. The van der Waals surface area contributed by atoms with Crippen LogP contribution in [0.4, 0.5) is 17.3 Å². The maximum absolute atomic E-state index is 9.68. The monoisotopic (exact) mass is 471 g/mol. The smallest absolute Gasteiger partial charge is 0.137 e. The average Bonchev–Trinajstić information content (AvgIpc) is 2.91. The molecule has 180 valence electrons.